The molecule has 0 heterocycles. The van der Waals surface area contributed by atoms with Crippen LogP contribution in [0.15, 0.2) is 24.3 Å². The van der Waals surface area contributed by atoms with Crippen LogP contribution >= 0.6 is 0 Å². The zero-order valence-electron chi connectivity index (χ0n) is 12.5. The van der Waals surface area contributed by atoms with Crippen molar-refractivity contribution >= 4 is 17.7 Å². The summed E-state index contributed by atoms with van der Waals surface area (Å²) in [6.45, 7) is 3.17. The summed E-state index contributed by atoms with van der Waals surface area (Å²) in [5, 5.41) is 10.2. The molecule has 0 aliphatic carbocycles. The summed E-state index contributed by atoms with van der Waals surface area (Å²) in [6, 6.07) is 6.78. The van der Waals surface area contributed by atoms with Gasteiger partial charge < -0.3 is 15.8 Å². The van der Waals surface area contributed by atoms with Gasteiger partial charge in [-0.1, -0.05) is 18.2 Å². The van der Waals surface area contributed by atoms with Gasteiger partial charge in [-0.05, 0) is 25.0 Å². The quantitative estimate of drug-likeness (QED) is 0.410. The van der Waals surface area contributed by atoms with Gasteiger partial charge in [0.05, 0.1) is 13.0 Å². The van der Waals surface area contributed by atoms with Crippen LogP contribution in [0.2, 0.25) is 0 Å². The molecule has 0 fully saturated rings. The molecular weight excluding hydrogens is 270 g/mol. The number of nitrogen functional groups attached to an aromatic ring is 1. The summed E-state index contributed by atoms with van der Waals surface area (Å²) in [5.41, 5.74) is 6.92. The first-order valence-electron chi connectivity index (χ1n) is 6.63. The molecule has 2 unspecified atom stereocenters. The molecule has 4 N–H and O–H groups in total. The SMILES string of the molecule is COC(=O)C(Cc1cccc(C(=N)N)c1)C(C)NC(C)=O. The third-order valence-corrected chi connectivity index (χ3v) is 3.23. The average molecular weight is 291 g/mol. The monoisotopic (exact) mass is 291 g/mol. The summed E-state index contributed by atoms with van der Waals surface area (Å²) < 4.78 is 4.81. The summed E-state index contributed by atoms with van der Waals surface area (Å²) in [5.74, 6) is -1.11. The van der Waals surface area contributed by atoms with Gasteiger partial charge in [0, 0.05) is 18.5 Å². The molecule has 0 radical (unpaired) electrons. The van der Waals surface area contributed by atoms with Gasteiger partial charge in [0.25, 0.3) is 0 Å². The van der Waals surface area contributed by atoms with E-state index in [1.165, 1.54) is 14.0 Å². The number of benzene rings is 1. The van der Waals surface area contributed by atoms with Gasteiger partial charge in [-0.15, -0.1) is 0 Å². The number of ether oxygens (including phenoxy) is 1. The van der Waals surface area contributed by atoms with Crippen LogP contribution in [0.4, 0.5) is 0 Å². The number of hydrogen-bond donors (Lipinski definition) is 3. The Morgan fingerprint density at radius 1 is 1.43 bits per heavy atom. The largest absolute Gasteiger partial charge is 0.469 e. The molecule has 0 saturated heterocycles. The lowest BCUT2D eigenvalue weighted by Gasteiger charge is -2.22. The van der Waals surface area contributed by atoms with Crippen molar-refractivity contribution in [1.82, 2.24) is 5.32 Å². The molecule has 1 aromatic rings. The molecule has 114 valence electrons. The second kappa shape index (κ2) is 7.42. The van der Waals surface area contributed by atoms with E-state index in [9.17, 15) is 9.59 Å². The van der Waals surface area contributed by atoms with Crippen molar-refractivity contribution in [3.63, 3.8) is 0 Å². The summed E-state index contributed by atoms with van der Waals surface area (Å²) in [4.78, 5) is 23.1. The lowest BCUT2D eigenvalue weighted by Crippen LogP contribution is -2.41. The number of rotatable bonds is 6. The molecule has 0 aliphatic rings. The molecule has 0 saturated carbocycles. The third-order valence-electron chi connectivity index (χ3n) is 3.23. The van der Waals surface area contributed by atoms with E-state index in [2.05, 4.69) is 5.32 Å². The Morgan fingerprint density at radius 3 is 2.62 bits per heavy atom. The maximum Gasteiger partial charge on any atom is 0.311 e. The van der Waals surface area contributed by atoms with Crippen LogP contribution in [0.25, 0.3) is 0 Å². The molecule has 1 rings (SSSR count). The Hall–Kier alpha value is -2.37. The minimum atomic E-state index is -0.499. The van der Waals surface area contributed by atoms with Crippen LogP contribution in [0.1, 0.15) is 25.0 Å². The number of hydrogen-bond acceptors (Lipinski definition) is 4. The number of nitrogens with one attached hydrogen (secondary N) is 2. The van der Waals surface area contributed by atoms with Gasteiger partial charge in [0.15, 0.2) is 0 Å². The molecule has 0 bridgehead atoms. The predicted octanol–water partition coefficient (Wildman–Crippen LogP) is 0.827. The van der Waals surface area contributed by atoms with Gasteiger partial charge >= 0.3 is 5.97 Å². The summed E-state index contributed by atoms with van der Waals surface area (Å²) in [6.07, 6.45) is 0.398. The molecule has 0 aromatic heterocycles. The summed E-state index contributed by atoms with van der Waals surface area (Å²) >= 11 is 0. The topological polar surface area (TPSA) is 105 Å². The van der Waals surface area contributed by atoms with E-state index in [0.717, 1.165) is 5.56 Å². The van der Waals surface area contributed by atoms with Crippen molar-refractivity contribution in [2.75, 3.05) is 7.11 Å². The minimum absolute atomic E-state index is 0.0265. The zero-order valence-corrected chi connectivity index (χ0v) is 12.5. The smallest absolute Gasteiger partial charge is 0.311 e. The van der Waals surface area contributed by atoms with E-state index < -0.39 is 5.92 Å². The number of carbonyl (C=O) groups is 2. The van der Waals surface area contributed by atoms with Crippen molar-refractivity contribution in [1.29, 1.82) is 5.41 Å². The normalized spacial score (nSPS) is 13.1. The molecule has 6 heteroatoms. The van der Waals surface area contributed by atoms with Crippen molar-refractivity contribution in [2.24, 2.45) is 11.7 Å². The average Bonchev–Trinajstić information content (AvgIpc) is 2.43. The van der Waals surface area contributed by atoms with Crippen molar-refractivity contribution < 1.29 is 14.3 Å². The Labute approximate surface area is 124 Å². The van der Waals surface area contributed by atoms with Crippen molar-refractivity contribution in [2.45, 2.75) is 26.3 Å². The number of amides is 1. The number of methoxy groups -OCH3 is 1. The van der Waals surface area contributed by atoms with Gasteiger partial charge in [-0.25, -0.2) is 0 Å². The van der Waals surface area contributed by atoms with Crippen molar-refractivity contribution in [3.05, 3.63) is 35.4 Å². The molecule has 0 spiro atoms. The van der Waals surface area contributed by atoms with E-state index in [1.807, 2.05) is 6.07 Å². The van der Waals surface area contributed by atoms with Crippen LogP contribution in [0.5, 0.6) is 0 Å². The fourth-order valence-electron chi connectivity index (χ4n) is 2.16. The first kappa shape index (κ1) is 16.7. The maximum atomic E-state index is 11.9. The lowest BCUT2D eigenvalue weighted by molar-refractivity contribution is -0.146. The second-order valence-electron chi connectivity index (χ2n) is 4.94. The van der Waals surface area contributed by atoms with Gasteiger partial charge in [-0.3, -0.25) is 15.0 Å². The molecule has 6 nitrogen and oxygen atoms in total. The second-order valence-corrected chi connectivity index (χ2v) is 4.94. The van der Waals surface area contributed by atoms with Gasteiger partial charge in [-0.2, -0.15) is 0 Å². The van der Waals surface area contributed by atoms with Crippen LogP contribution < -0.4 is 11.1 Å². The van der Waals surface area contributed by atoms with E-state index in [-0.39, 0.29) is 23.8 Å². The summed E-state index contributed by atoms with van der Waals surface area (Å²) in [7, 11) is 1.32. The molecular formula is C15H21N3O3. The highest BCUT2D eigenvalue weighted by Crippen LogP contribution is 2.16. The number of carbonyl (C=O) groups excluding carboxylic acids is 2. The number of amidine groups is 1. The highest BCUT2D eigenvalue weighted by Gasteiger charge is 2.27. The molecule has 1 aromatic carbocycles. The molecule has 21 heavy (non-hydrogen) atoms. The first-order chi connectivity index (χ1) is 9.85. The lowest BCUT2D eigenvalue weighted by atomic mass is 9.92. The Morgan fingerprint density at radius 2 is 2.10 bits per heavy atom. The van der Waals surface area contributed by atoms with Gasteiger partial charge in [0.2, 0.25) is 5.91 Å². The zero-order chi connectivity index (χ0) is 16.0. The molecule has 2 atom stereocenters. The van der Waals surface area contributed by atoms with Crippen LogP contribution in [0, 0.1) is 11.3 Å². The number of nitrogens with two attached hydrogens (primary N) is 1. The van der Waals surface area contributed by atoms with E-state index in [0.29, 0.717) is 12.0 Å². The van der Waals surface area contributed by atoms with Gasteiger partial charge in [0.1, 0.15) is 5.84 Å². The minimum Gasteiger partial charge on any atom is -0.469 e. The van der Waals surface area contributed by atoms with E-state index in [4.69, 9.17) is 15.9 Å². The van der Waals surface area contributed by atoms with E-state index in [1.54, 1.807) is 25.1 Å². The Balaban J connectivity index is 2.95. The van der Waals surface area contributed by atoms with Crippen LogP contribution in [-0.4, -0.2) is 30.9 Å². The standard InChI is InChI=1S/C15H21N3O3/c1-9(18-10(2)19)13(15(20)21-3)8-11-5-4-6-12(7-11)14(16)17/h4-7,9,13H,8H2,1-3H3,(H3,16,17)(H,18,19). The van der Waals surface area contributed by atoms with Crippen LogP contribution in [-0.2, 0) is 20.7 Å². The molecule has 0 aliphatic heterocycles. The fraction of sp³-hybridized carbons (Fsp3) is 0.400. The highest BCUT2D eigenvalue weighted by atomic mass is 16.5. The fourth-order valence-corrected chi connectivity index (χ4v) is 2.16. The number of esters is 1. The Kier molecular flexibility index (Phi) is 5.90. The highest BCUT2D eigenvalue weighted by molar-refractivity contribution is 5.95. The first-order valence-corrected chi connectivity index (χ1v) is 6.63. The van der Waals surface area contributed by atoms with Crippen LogP contribution in [0.3, 0.4) is 0 Å². The third kappa shape index (κ3) is 4.91. The van der Waals surface area contributed by atoms with Crippen molar-refractivity contribution in [3.8, 4) is 0 Å². The molecule has 1 amide bonds. The predicted molar refractivity (Wildman–Crippen MR) is 79.9 cm³/mol. The Bertz CT molecular complexity index is 543. The maximum absolute atomic E-state index is 11.9. The van der Waals surface area contributed by atoms with E-state index >= 15 is 0 Å².